The molecule has 1 amide bonds. The molecule has 2 aliphatic rings. The van der Waals surface area contributed by atoms with Crippen LogP contribution < -0.4 is 10.2 Å². The number of anilines is 3. The molecule has 0 spiro atoms. The third-order valence-electron chi connectivity index (χ3n) is 6.83. The van der Waals surface area contributed by atoms with Crippen molar-refractivity contribution in [1.82, 2.24) is 14.9 Å². The van der Waals surface area contributed by atoms with Crippen molar-refractivity contribution in [3.63, 3.8) is 0 Å². The molecular formula is C26H37N5O2. The van der Waals surface area contributed by atoms with Crippen LogP contribution in [0.5, 0.6) is 0 Å². The lowest BCUT2D eigenvalue weighted by Gasteiger charge is -2.32. The highest BCUT2D eigenvalue weighted by Gasteiger charge is 2.20. The second kappa shape index (κ2) is 11.0. The maximum atomic E-state index is 12.4. The summed E-state index contributed by atoms with van der Waals surface area (Å²) in [6.45, 7) is 8.67. The second-order valence-corrected chi connectivity index (χ2v) is 9.57. The predicted molar refractivity (Wildman–Crippen MR) is 133 cm³/mol. The summed E-state index contributed by atoms with van der Waals surface area (Å²) < 4.78 is 0. The highest BCUT2D eigenvalue weighted by Crippen LogP contribution is 2.25. The fourth-order valence-electron chi connectivity index (χ4n) is 4.42. The van der Waals surface area contributed by atoms with Crippen molar-refractivity contribution < 1.29 is 10.0 Å². The molecule has 7 heteroatoms. The first-order valence-electron chi connectivity index (χ1n) is 12.1. The molecule has 0 bridgehead atoms. The smallest absolute Gasteiger partial charge is 0.260 e. The van der Waals surface area contributed by atoms with Crippen molar-refractivity contribution >= 4 is 23.0 Å². The Balaban J connectivity index is 1.25. The summed E-state index contributed by atoms with van der Waals surface area (Å²) in [6, 6.07) is 16.4. The van der Waals surface area contributed by atoms with E-state index in [4.69, 9.17) is 0 Å². The molecule has 178 valence electrons. The number of nitrogens with zero attached hydrogens (tertiary/aromatic N) is 4. The van der Waals surface area contributed by atoms with E-state index in [9.17, 15) is 10.0 Å². The van der Waals surface area contributed by atoms with Gasteiger partial charge in [-0.3, -0.25) is 14.9 Å². The molecule has 2 N–H and O–H groups in total. The van der Waals surface area contributed by atoms with Crippen LogP contribution in [0.3, 0.4) is 0 Å². The standard InChI is InChI=1S/C26H37N5O2/c1-21-11-13-30(14-12-21)25-9-7-24(8-10-25)27-23-5-3-22(4-6-23)19-31(33)26(32)20-29-17-15-28(2)16-18-29/h3-10,21,27,33H,11-20H2,1-2H3. The molecule has 0 atom stereocenters. The summed E-state index contributed by atoms with van der Waals surface area (Å²) in [5.74, 6) is 0.572. The van der Waals surface area contributed by atoms with E-state index in [0.29, 0.717) is 0 Å². The Bertz CT molecular complexity index is 886. The number of amides is 1. The molecule has 0 aliphatic carbocycles. The van der Waals surface area contributed by atoms with Gasteiger partial charge in [-0.15, -0.1) is 0 Å². The number of piperidine rings is 1. The number of carbonyl (C=O) groups is 1. The number of likely N-dealkylation sites (N-methyl/N-ethyl adjacent to an activating group) is 1. The SMILES string of the molecule is CC1CCN(c2ccc(Nc3ccc(CN(O)C(=O)CN4CCN(C)CC4)cc3)cc2)CC1. The van der Waals surface area contributed by atoms with Crippen LogP contribution in [0.15, 0.2) is 48.5 Å². The Hall–Kier alpha value is -2.61. The lowest BCUT2D eigenvalue weighted by molar-refractivity contribution is -0.169. The highest BCUT2D eigenvalue weighted by atomic mass is 16.5. The number of hydrogen-bond donors (Lipinski definition) is 2. The number of rotatable bonds is 7. The fraction of sp³-hybridized carbons (Fsp3) is 0.500. The second-order valence-electron chi connectivity index (χ2n) is 9.57. The van der Waals surface area contributed by atoms with Crippen LogP contribution in [-0.4, -0.2) is 78.8 Å². The molecule has 33 heavy (non-hydrogen) atoms. The average Bonchev–Trinajstić information content (AvgIpc) is 2.83. The van der Waals surface area contributed by atoms with Crippen molar-refractivity contribution in [3.05, 3.63) is 54.1 Å². The molecule has 2 aromatic rings. The van der Waals surface area contributed by atoms with Gasteiger partial charge in [0.25, 0.3) is 5.91 Å². The molecule has 4 rings (SSSR count). The maximum absolute atomic E-state index is 12.4. The van der Waals surface area contributed by atoms with E-state index < -0.39 is 0 Å². The lowest BCUT2D eigenvalue weighted by Crippen LogP contribution is -2.48. The Morgan fingerprint density at radius 1 is 0.939 bits per heavy atom. The van der Waals surface area contributed by atoms with E-state index in [1.165, 1.54) is 18.5 Å². The maximum Gasteiger partial charge on any atom is 0.260 e. The molecule has 0 unspecified atom stereocenters. The predicted octanol–water partition coefficient (Wildman–Crippen LogP) is 3.63. The number of piperazine rings is 1. The Morgan fingerprint density at radius 3 is 2.12 bits per heavy atom. The number of hydroxylamine groups is 2. The normalized spacial score (nSPS) is 18.3. The van der Waals surface area contributed by atoms with E-state index in [1.807, 2.05) is 24.3 Å². The Kier molecular flexibility index (Phi) is 7.85. The van der Waals surface area contributed by atoms with Crippen LogP contribution in [0.4, 0.5) is 17.1 Å². The van der Waals surface area contributed by atoms with Crippen LogP contribution in [0, 0.1) is 5.92 Å². The third-order valence-corrected chi connectivity index (χ3v) is 6.83. The first-order valence-corrected chi connectivity index (χ1v) is 12.1. The quantitative estimate of drug-likeness (QED) is 0.495. The first-order chi connectivity index (χ1) is 16.0. The monoisotopic (exact) mass is 451 g/mol. The van der Waals surface area contributed by atoms with Crippen molar-refractivity contribution in [3.8, 4) is 0 Å². The molecule has 2 fully saturated rings. The minimum atomic E-state index is -0.259. The largest absolute Gasteiger partial charge is 0.372 e. The van der Waals surface area contributed by atoms with Gasteiger partial charge < -0.3 is 15.1 Å². The summed E-state index contributed by atoms with van der Waals surface area (Å²) in [4.78, 5) is 19.2. The highest BCUT2D eigenvalue weighted by molar-refractivity contribution is 5.77. The molecule has 2 saturated heterocycles. The van der Waals surface area contributed by atoms with E-state index in [2.05, 4.69) is 58.3 Å². The van der Waals surface area contributed by atoms with Gasteiger partial charge in [-0.1, -0.05) is 19.1 Å². The zero-order valence-electron chi connectivity index (χ0n) is 19.9. The third kappa shape index (κ3) is 6.69. The van der Waals surface area contributed by atoms with E-state index in [1.54, 1.807) is 0 Å². The van der Waals surface area contributed by atoms with Crippen LogP contribution in [0.2, 0.25) is 0 Å². The van der Waals surface area contributed by atoms with Gasteiger partial charge in [0, 0.05) is 56.3 Å². The molecule has 2 heterocycles. The molecule has 2 aliphatic heterocycles. The summed E-state index contributed by atoms with van der Waals surface area (Å²) in [5.41, 5.74) is 4.20. The zero-order valence-corrected chi connectivity index (χ0v) is 19.9. The number of hydrogen-bond acceptors (Lipinski definition) is 6. The number of benzene rings is 2. The average molecular weight is 452 g/mol. The molecular weight excluding hydrogens is 414 g/mol. The van der Waals surface area contributed by atoms with Gasteiger partial charge in [0.15, 0.2) is 0 Å². The van der Waals surface area contributed by atoms with E-state index >= 15 is 0 Å². The summed E-state index contributed by atoms with van der Waals surface area (Å²) in [7, 11) is 2.08. The minimum Gasteiger partial charge on any atom is -0.372 e. The van der Waals surface area contributed by atoms with Crippen molar-refractivity contribution in [1.29, 1.82) is 0 Å². The fourth-order valence-corrected chi connectivity index (χ4v) is 4.42. The van der Waals surface area contributed by atoms with Gasteiger partial charge in [-0.25, -0.2) is 5.06 Å². The molecule has 2 aromatic carbocycles. The van der Waals surface area contributed by atoms with Gasteiger partial charge in [-0.2, -0.15) is 0 Å². The number of carbonyl (C=O) groups excluding carboxylic acids is 1. The van der Waals surface area contributed by atoms with Gasteiger partial charge >= 0.3 is 0 Å². The van der Waals surface area contributed by atoms with E-state index in [0.717, 1.165) is 67.2 Å². The van der Waals surface area contributed by atoms with Crippen LogP contribution in [0.1, 0.15) is 25.3 Å². The van der Waals surface area contributed by atoms with Gasteiger partial charge in [-0.05, 0) is 67.8 Å². The lowest BCUT2D eigenvalue weighted by atomic mass is 9.99. The summed E-state index contributed by atoms with van der Waals surface area (Å²) in [5, 5.41) is 14.5. The zero-order chi connectivity index (χ0) is 23.2. The number of nitrogens with one attached hydrogen (secondary N) is 1. The van der Waals surface area contributed by atoms with Gasteiger partial charge in [0.1, 0.15) is 0 Å². The summed E-state index contributed by atoms with van der Waals surface area (Å²) in [6.07, 6.45) is 2.53. The van der Waals surface area contributed by atoms with Crippen molar-refractivity contribution in [2.45, 2.75) is 26.3 Å². The Morgan fingerprint density at radius 2 is 1.52 bits per heavy atom. The molecule has 7 nitrogen and oxygen atoms in total. The van der Waals surface area contributed by atoms with E-state index in [-0.39, 0.29) is 19.0 Å². The van der Waals surface area contributed by atoms with Crippen LogP contribution in [0.25, 0.3) is 0 Å². The molecule has 0 saturated carbocycles. The first kappa shape index (κ1) is 23.5. The summed E-state index contributed by atoms with van der Waals surface area (Å²) >= 11 is 0. The molecule has 0 aromatic heterocycles. The Labute approximate surface area is 197 Å². The minimum absolute atomic E-state index is 0.190. The van der Waals surface area contributed by atoms with Crippen LogP contribution >= 0.6 is 0 Å². The van der Waals surface area contributed by atoms with Crippen molar-refractivity contribution in [2.75, 3.05) is 63.1 Å². The van der Waals surface area contributed by atoms with Gasteiger partial charge in [0.2, 0.25) is 0 Å². The van der Waals surface area contributed by atoms with Gasteiger partial charge in [0.05, 0.1) is 13.1 Å². The van der Waals surface area contributed by atoms with Crippen molar-refractivity contribution in [2.24, 2.45) is 5.92 Å². The van der Waals surface area contributed by atoms with Crippen LogP contribution in [-0.2, 0) is 11.3 Å². The topological polar surface area (TPSA) is 62.3 Å². The molecule has 0 radical (unpaired) electrons.